The molecule has 0 saturated heterocycles. The van der Waals surface area contributed by atoms with E-state index in [2.05, 4.69) is 5.32 Å². The number of hydrogen-bond acceptors (Lipinski definition) is 5. The number of hydrogen-bond donors (Lipinski definition) is 1. The van der Waals surface area contributed by atoms with Crippen LogP contribution < -0.4 is 14.8 Å². The number of ether oxygens (including phenoxy) is 3. The Balaban J connectivity index is 1.67. The molecule has 2 rings (SSSR count). The second kappa shape index (κ2) is 9.89. The van der Waals surface area contributed by atoms with E-state index in [1.807, 2.05) is 0 Å². The summed E-state index contributed by atoms with van der Waals surface area (Å²) in [5.74, 6) is 0.133. The lowest BCUT2D eigenvalue weighted by atomic mass is 10.2. The number of halogens is 2. The first-order chi connectivity index (χ1) is 12.5. The number of benzene rings is 2. The number of carbonyl (C=O) groups excluding carboxylic acids is 2. The minimum absolute atomic E-state index is 0.0240. The third-order valence-corrected chi connectivity index (χ3v) is 3.77. The number of rotatable bonds is 8. The fraction of sp³-hybridized carbons (Fsp3) is 0.222. The molecule has 0 aromatic heterocycles. The fourth-order valence-corrected chi connectivity index (χ4v) is 2.41. The van der Waals surface area contributed by atoms with Crippen LogP contribution in [0.2, 0.25) is 10.0 Å². The molecule has 138 valence electrons. The van der Waals surface area contributed by atoms with Crippen molar-refractivity contribution >= 4 is 35.1 Å². The Morgan fingerprint density at radius 3 is 2.42 bits per heavy atom. The van der Waals surface area contributed by atoms with Gasteiger partial charge in [0.05, 0.1) is 12.1 Å². The van der Waals surface area contributed by atoms with Crippen molar-refractivity contribution in [3.63, 3.8) is 0 Å². The molecule has 0 heterocycles. The summed E-state index contributed by atoms with van der Waals surface area (Å²) in [4.78, 5) is 23.6. The summed E-state index contributed by atoms with van der Waals surface area (Å²) in [6.45, 7) is -0.0950. The van der Waals surface area contributed by atoms with Crippen LogP contribution in [0.3, 0.4) is 0 Å². The quantitative estimate of drug-likeness (QED) is 0.545. The molecule has 0 aliphatic heterocycles. The summed E-state index contributed by atoms with van der Waals surface area (Å²) in [5, 5.41) is 3.35. The Bertz CT molecular complexity index is 765. The van der Waals surface area contributed by atoms with Crippen molar-refractivity contribution in [1.29, 1.82) is 0 Å². The summed E-state index contributed by atoms with van der Waals surface area (Å²) in [6, 6.07) is 11.3. The zero-order valence-corrected chi connectivity index (χ0v) is 15.5. The van der Waals surface area contributed by atoms with Gasteiger partial charge in [0.25, 0.3) is 5.91 Å². The topological polar surface area (TPSA) is 73.9 Å². The summed E-state index contributed by atoms with van der Waals surface area (Å²) in [6.07, 6.45) is 0. The van der Waals surface area contributed by atoms with Gasteiger partial charge >= 0.3 is 5.97 Å². The van der Waals surface area contributed by atoms with Gasteiger partial charge in [-0.2, -0.15) is 0 Å². The van der Waals surface area contributed by atoms with Gasteiger partial charge in [-0.1, -0.05) is 23.2 Å². The molecule has 0 atom stereocenters. The van der Waals surface area contributed by atoms with Gasteiger partial charge in [-0.25, -0.2) is 0 Å². The average Bonchev–Trinajstić information content (AvgIpc) is 2.64. The molecule has 0 bridgehead atoms. The maximum atomic E-state index is 11.9. The van der Waals surface area contributed by atoms with Gasteiger partial charge in [-0.3, -0.25) is 9.59 Å². The van der Waals surface area contributed by atoms with Crippen molar-refractivity contribution < 1.29 is 23.8 Å². The van der Waals surface area contributed by atoms with Crippen molar-refractivity contribution in [3.05, 3.63) is 58.1 Å². The highest BCUT2D eigenvalue weighted by Crippen LogP contribution is 2.27. The average molecular weight is 398 g/mol. The number of carbonyl (C=O) groups is 2. The molecule has 0 aliphatic carbocycles. The lowest BCUT2D eigenvalue weighted by Gasteiger charge is -2.09. The molecular formula is C18H17Cl2NO5. The Hall–Kier alpha value is -2.44. The predicted octanol–water partition coefficient (Wildman–Crippen LogP) is 3.35. The van der Waals surface area contributed by atoms with E-state index < -0.39 is 5.97 Å². The fourth-order valence-electron chi connectivity index (χ4n) is 1.95. The number of esters is 1. The van der Waals surface area contributed by atoms with Gasteiger partial charge in [0, 0.05) is 10.6 Å². The summed E-state index contributed by atoms with van der Waals surface area (Å²) >= 11 is 11.7. The first kappa shape index (κ1) is 19.9. The second-order valence-electron chi connectivity index (χ2n) is 5.05. The van der Waals surface area contributed by atoms with Crippen molar-refractivity contribution in [3.8, 4) is 11.5 Å². The van der Waals surface area contributed by atoms with E-state index in [-0.39, 0.29) is 25.7 Å². The van der Waals surface area contributed by atoms with Gasteiger partial charge < -0.3 is 19.5 Å². The van der Waals surface area contributed by atoms with Crippen molar-refractivity contribution in [2.24, 2.45) is 0 Å². The maximum absolute atomic E-state index is 11.9. The molecule has 0 spiro atoms. The highest BCUT2D eigenvalue weighted by molar-refractivity contribution is 6.35. The van der Waals surface area contributed by atoms with Crippen LogP contribution in [0.5, 0.6) is 11.5 Å². The monoisotopic (exact) mass is 397 g/mol. The van der Waals surface area contributed by atoms with Gasteiger partial charge in [0.2, 0.25) is 0 Å². The van der Waals surface area contributed by atoms with E-state index in [1.165, 1.54) is 7.11 Å². The second-order valence-corrected chi connectivity index (χ2v) is 5.90. The van der Waals surface area contributed by atoms with Crippen LogP contribution in [0.1, 0.15) is 10.4 Å². The van der Waals surface area contributed by atoms with E-state index in [0.717, 1.165) is 0 Å². The van der Waals surface area contributed by atoms with E-state index in [4.69, 9.17) is 37.4 Å². The number of methoxy groups -OCH3 is 1. The molecule has 0 fully saturated rings. The smallest absolute Gasteiger partial charge is 0.325 e. The maximum Gasteiger partial charge on any atom is 0.325 e. The lowest BCUT2D eigenvalue weighted by molar-refractivity contribution is -0.143. The highest BCUT2D eigenvalue weighted by Gasteiger charge is 2.09. The normalized spacial score (nSPS) is 10.1. The Labute approximate surface area is 160 Å². The Morgan fingerprint density at radius 2 is 1.77 bits per heavy atom. The van der Waals surface area contributed by atoms with Gasteiger partial charge in [-0.15, -0.1) is 0 Å². The predicted molar refractivity (Wildman–Crippen MR) is 98.2 cm³/mol. The summed E-state index contributed by atoms with van der Waals surface area (Å²) < 4.78 is 15.4. The van der Waals surface area contributed by atoms with Crippen molar-refractivity contribution in [2.45, 2.75) is 0 Å². The third-order valence-electron chi connectivity index (χ3n) is 3.24. The molecule has 2 aromatic carbocycles. The zero-order chi connectivity index (χ0) is 18.9. The van der Waals surface area contributed by atoms with Crippen LogP contribution in [-0.4, -0.2) is 38.7 Å². The molecule has 1 N–H and O–H groups in total. The van der Waals surface area contributed by atoms with Crippen LogP contribution in [0.25, 0.3) is 0 Å². The molecule has 0 saturated carbocycles. The first-order valence-electron chi connectivity index (χ1n) is 7.65. The van der Waals surface area contributed by atoms with Crippen LogP contribution in [0.4, 0.5) is 0 Å². The van der Waals surface area contributed by atoms with Gasteiger partial charge in [0.1, 0.15) is 31.3 Å². The highest BCUT2D eigenvalue weighted by atomic mass is 35.5. The van der Waals surface area contributed by atoms with Crippen LogP contribution >= 0.6 is 23.2 Å². The van der Waals surface area contributed by atoms with Crippen LogP contribution in [0, 0.1) is 0 Å². The molecule has 0 unspecified atom stereocenters. The first-order valence-corrected chi connectivity index (χ1v) is 8.41. The van der Waals surface area contributed by atoms with Crippen LogP contribution in [0.15, 0.2) is 42.5 Å². The largest absolute Gasteiger partial charge is 0.497 e. The standard InChI is InChI=1S/C18H17Cl2NO5/c1-24-14-5-2-12(3-6-14)18(23)21-11-17(22)26-9-8-25-16-7-4-13(19)10-15(16)20/h2-7,10H,8-9,11H2,1H3,(H,21,23). The zero-order valence-electron chi connectivity index (χ0n) is 14.0. The lowest BCUT2D eigenvalue weighted by Crippen LogP contribution is -2.31. The molecule has 0 radical (unpaired) electrons. The summed E-state index contributed by atoms with van der Waals surface area (Å²) in [7, 11) is 1.54. The Kier molecular flexibility index (Phi) is 7.56. The minimum atomic E-state index is -0.572. The van der Waals surface area contributed by atoms with E-state index in [1.54, 1.807) is 42.5 Å². The van der Waals surface area contributed by atoms with E-state index in [0.29, 0.717) is 27.1 Å². The van der Waals surface area contributed by atoms with E-state index in [9.17, 15) is 9.59 Å². The SMILES string of the molecule is COc1ccc(C(=O)NCC(=O)OCCOc2ccc(Cl)cc2Cl)cc1. The van der Waals surface area contributed by atoms with Crippen molar-refractivity contribution in [1.82, 2.24) is 5.32 Å². The van der Waals surface area contributed by atoms with Gasteiger partial charge in [0.15, 0.2) is 0 Å². The molecule has 26 heavy (non-hydrogen) atoms. The minimum Gasteiger partial charge on any atom is -0.497 e. The van der Waals surface area contributed by atoms with Gasteiger partial charge in [-0.05, 0) is 42.5 Å². The molecule has 6 nitrogen and oxygen atoms in total. The number of amides is 1. The molecule has 1 amide bonds. The third kappa shape index (κ3) is 6.13. The number of nitrogens with one attached hydrogen (secondary N) is 1. The Morgan fingerprint density at radius 1 is 1.04 bits per heavy atom. The molecule has 2 aromatic rings. The summed E-state index contributed by atoms with van der Waals surface area (Å²) in [5.41, 5.74) is 0.416. The molecular weight excluding hydrogens is 381 g/mol. The van der Waals surface area contributed by atoms with Crippen LogP contribution in [-0.2, 0) is 9.53 Å². The molecule has 8 heteroatoms. The van der Waals surface area contributed by atoms with E-state index >= 15 is 0 Å². The van der Waals surface area contributed by atoms with Crippen molar-refractivity contribution in [2.75, 3.05) is 26.9 Å². The molecule has 0 aliphatic rings.